The Morgan fingerprint density at radius 3 is 3.17 bits per heavy atom. The van der Waals surface area contributed by atoms with E-state index in [1.54, 1.807) is 0 Å². The van der Waals surface area contributed by atoms with Crippen molar-refractivity contribution >= 4 is 17.1 Å². The first-order chi connectivity index (χ1) is 6.29. The molecule has 0 aromatic carbocycles. The molecular formula is C7H3N5. The molecule has 0 aliphatic carbocycles. The van der Waals surface area contributed by atoms with Crippen LogP contribution in [0, 0.1) is 6.57 Å². The molecule has 5 heteroatoms. The largest absolute Gasteiger partial charge is 0.394 e. The van der Waals surface area contributed by atoms with E-state index in [0.717, 1.165) is 0 Å². The van der Waals surface area contributed by atoms with Gasteiger partial charge in [0.05, 0.1) is 1.37 Å². The minimum atomic E-state index is 0.0207. The Morgan fingerprint density at radius 2 is 2.33 bits per heavy atom. The van der Waals surface area contributed by atoms with Crippen molar-refractivity contribution in [3.05, 3.63) is 30.0 Å². The zero-order valence-electron chi connectivity index (χ0n) is 6.89. The molecule has 2 aromatic heterocycles. The van der Waals surface area contributed by atoms with E-state index in [4.69, 9.17) is 7.94 Å². The molecule has 0 aliphatic heterocycles. The summed E-state index contributed by atoms with van der Waals surface area (Å²) in [5.74, 6) is 0.0207. The van der Waals surface area contributed by atoms with Gasteiger partial charge in [0.15, 0.2) is 5.52 Å². The molecule has 0 saturated carbocycles. The van der Waals surface area contributed by atoms with Crippen molar-refractivity contribution in [1.29, 1.82) is 0 Å². The van der Waals surface area contributed by atoms with E-state index in [9.17, 15) is 0 Å². The van der Waals surface area contributed by atoms with Gasteiger partial charge in [-0.3, -0.25) is 0 Å². The van der Waals surface area contributed by atoms with Crippen molar-refractivity contribution in [2.45, 2.75) is 0 Å². The zero-order valence-corrected chi connectivity index (χ0v) is 5.89. The highest BCUT2D eigenvalue weighted by Gasteiger charge is 2.01. The summed E-state index contributed by atoms with van der Waals surface area (Å²) in [5, 5.41) is 0. The SMILES string of the molecule is [2H]c1cnc2cnc([N+]#[C-])nc2n1. The first-order valence-electron chi connectivity index (χ1n) is 3.63. The van der Waals surface area contributed by atoms with Crippen molar-refractivity contribution in [2.75, 3.05) is 0 Å². The topological polar surface area (TPSA) is 55.9 Å². The normalized spacial score (nSPS) is 10.8. The van der Waals surface area contributed by atoms with Gasteiger partial charge in [-0.05, 0) is 0 Å². The van der Waals surface area contributed by atoms with Gasteiger partial charge >= 0.3 is 5.95 Å². The molecule has 0 saturated heterocycles. The Labute approximate surface area is 69.4 Å². The zero-order chi connectivity index (χ0) is 9.26. The summed E-state index contributed by atoms with van der Waals surface area (Å²) < 4.78 is 7.19. The first kappa shape index (κ1) is 5.55. The summed E-state index contributed by atoms with van der Waals surface area (Å²) in [6, 6.07) is 0. The van der Waals surface area contributed by atoms with Gasteiger partial charge in [-0.25, -0.2) is 9.97 Å². The second-order valence-electron chi connectivity index (χ2n) is 1.99. The molecular weight excluding hydrogens is 154 g/mol. The highest BCUT2D eigenvalue weighted by Crippen LogP contribution is 2.07. The lowest BCUT2D eigenvalue weighted by atomic mass is 10.5. The predicted octanol–water partition coefficient (Wildman–Crippen LogP) is 0.971. The average molecular weight is 158 g/mol. The van der Waals surface area contributed by atoms with Crippen LogP contribution in [0.2, 0.25) is 0 Å². The van der Waals surface area contributed by atoms with E-state index in [-0.39, 0.29) is 17.8 Å². The van der Waals surface area contributed by atoms with Crippen LogP contribution in [-0.2, 0) is 0 Å². The second-order valence-corrected chi connectivity index (χ2v) is 1.99. The van der Waals surface area contributed by atoms with E-state index in [1.165, 1.54) is 12.4 Å². The Hall–Kier alpha value is -2.09. The number of hydrogen-bond acceptors (Lipinski definition) is 4. The lowest BCUT2D eigenvalue weighted by Gasteiger charge is -1.89. The third-order valence-corrected chi connectivity index (χ3v) is 1.27. The van der Waals surface area contributed by atoms with Crippen LogP contribution in [0.15, 0.2) is 18.6 Å². The maximum Gasteiger partial charge on any atom is 0.373 e. The fourth-order valence-electron chi connectivity index (χ4n) is 0.773. The van der Waals surface area contributed by atoms with Gasteiger partial charge in [0.1, 0.15) is 6.20 Å². The molecule has 2 rings (SSSR count). The van der Waals surface area contributed by atoms with Crippen molar-refractivity contribution < 1.29 is 1.37 Å². The molecule has 0 amide bonds. The number of nitrogens with zero attached hydrogens (tertiary/aromatic N) is 5. The first-order valence-corrected chi connectivity index (χ1v) is 3.13. The molecule has 0 spiro atoms. The molecule has 0 atom stereocenters. The van der Waals surface area contributed by atoms with Crippen LogP contribution in [0.4, 0.5) is 5.95 Å². The van der Waals surface area contributed by atoms with E-state index in [0.29, 0.717) is 5.52 Å². The van der Waals surface area contributed by atoms with Gasteiger partial charge < -0.3 is 4.85 Å². The van der Waals surface area contributed by atoms with Crippen LogP contribution in [0.25, 0.3) is 16.0 Å². The molecule has 12 heavy (non-hydrogen) atoms. The van der Waals surface area contributed by atoms with Crippen molar-refractivity contribution in [1.82, 2.24) is 19.9 Å². The van der Waals surface area contributed by atoms with Crippen molar-refractivity contribution in [2.24, 2.45) is 0 Å². The highest BCUT2D eigenvalue weighted by molar-refractivity contribution is 5.68. The van der Waals surface area contributed by atoms with Crippen molar-refractivity contribution in [3.8, 4) is 0 Å². The predicted molar refractivity (Wildman–Crippen MR) is 41.4 cm³/mol. The van der Waals surface area contributed by atoms with Gasteiger partial charge in [0.25, 0.3) is 0 Å². The molecule has 0 aliphatic rings. The molecule has 0 unspecified atom stereocenters. The number of rotatable bonds is 0. The third-order valence-electron chi connectivity index (χ3n) is 1.27. The lowest BCUT2D eigenvalue weighted by molar-refractivity contribution is 1.17. The number of fused-ring (bicyclic) bond motifs is 1. The highest BCUT2D eigenvalue weighted by atomic mass is 15.1. The molecule has 56 valence electrons. The van der Waals surface area contributed by atoms with Gasteiger partial charge in [-0.15, -0.1) is 11.6 Å². The standard InChI is InChI=1S/C7H3N5/c1-8-7-11-4-5-6(12-7)10-3-2-9-5/h2-4H/i3D. The van der Waals surface area contributed by atoms with Crippen LogP contribution < -0.4 is 0 Å². The molecule has 0 fully saturated rings. The van der Waals surface area contributed by atoms with Crippen LogP contribution >= 0.6 is 0 Å². The molecule has 0 N–H and O–H groups in total. The van der Waals surface area contributed by atoms with Gasteiger partial charge in [-0.1, -0.05) is 0 Å². The Balaban J connectivity index is 2.77. The summed E-state index contributed by atoms with van der Waals surface area (Å²) in [6.45, 7) is 6.68. The molecule has 2 heterocycles. The molecule has 5 nitrogen and oxygen atoms in total. The maximum absolute atomic E-state index is 7.19. The number of hydrogen-bond donors (Lipinski definition) is 0. The summed E-state index contributed by atoms with van der Waals surface area (Å²) in [7, 11) is 0. The van der Waals surface area contributed by atoms with E-state index in [2.05, 4.69) is 24.8 Å². The van der Waals surface area contributed by atoms with Crippen LogP contribution in [0.5, 0.6) is 0 Å². The maximum atomic E-state index is 7.19. The summed E-state index contributed by atoms with van der Waals surface area (Å²) in [5.41, 5.74) is 0.775. The number of aromatic nitrogens is 4. The van der Waals surface area contributed by atoms with E-state index < -0.39 is 0 Å². The van der Waals surface area contributed by atoms with Crippen LogP contribution in [0.1, 0.15) is 1.37 Å². The van der Waals surface area contributed by atoms with Crippen molar-refractivity contribution in [3.63, 3.8) is 0 Å². The van der Waals surface area contributed by atoms with Crippen LogP contribution in [-0.4, -0.2) is 19.9 Å². The fourth-order valence-corrected chi connectivity index (χ4v) is 0.773. The van der Waals surface area contributed by atoms with Gasteiger partial charge in [0.2, 0.25) is 5.65 Å². The Morgan fingerprint density at radius 1 is 1.42 bits per heavy atom. The minimum Gasteiger partial charge on any atom is -0.394 e. The van der Waals surface area contributed by atoms with Crippen LogP contribution in [0.3, 0.4) is 0 Å². The lowest BCUT2D eigenvalue weighted by Crippen LogP contribution is -1.87. The fraction of sp³-hybridized carbons (Fsp3) is 0. The molecule has 0 radical (unpaired) electrons. The Kier molecular flexibility index (Phi) is 1.16. The monoisotopic (exact) mass is 158 g/mol. The summed E-state index contributed by atoms with van der Waals surface area (Å²) >= 11 is 0. The molecule has 2 aromatic rings. The van der Waals surface area contributed by atoms with Gasteiger partial charge in [-0.2, -0.15) is 4.98 Å². The minimum absolute atomic E-state index is 0.0207. The smallest absolute Gasteiger partial charge is 0.373 e. The van der Waals surface area contributed by atoms with Gasteiger partial charge in [0, 0.05) is 12.4 Å². The Bertz CT molecular complexity index is 504. The second kappa shape index (κ2) is 2.51. The average Bonchev–Trinajstić information content (AvgIpc) is 2.16. The van der Waals surface area contributed by atoms with E-state index >= 15 is 0 Å². The summed E-state index contributed by atoms with van der Waals surface area (Å²) in [4.78, 5) is 18.2. The van der Waals surface area contributed by atoms with E-state index in [1.807, 2.05) is 0 Å². The third kappa shape index (κ3) is 0.953. The summed E-state index contributed by atoms with van der Waals surface area (Å²) in [6.07, 6.45) is 2.76. The quantitative estimate of drug-likeness (QED) is 0.536. The molecule has 0 bridgehead atoms.